The van der Waals surface area contributed by atoms with E-state index in [1.54, 1.807) is 26.0 Å². The van der Waals surface area contributed by atoms with E-state index in [9.17, 15) is 13.2 Å². The standard InChI is InChI=1S/C17H23N5O3S/c1-11-17(12(2)19-18-11)26(24,25)22-9-3-4-14(22)10-21-16(23)8-7-15(20-21)13-5-6-13/h7-8,13-14H,3-6,9-10H2,1-2H3,(H,18,19). The first-order valence-electron chi connectivity index (χ1n) is 8.99. The molecule has 0 radical (unpaired) electrons. The summed E-state index contributed by atoms with van der Waals surface area (Å²) in [6.45, 7) is 4.14. The van der Waals surface area contributed by atoms with Crippen LogP contribution in [-0.2, 0) is 16.6 Å². The second-order valence-electron chi connectivity index (χ2n) is 7.23. The lowest BCUT2D eigenvalue weighted by molar-refractivity contribution is 0.333. The molecule has 1 atom stereocenters. The second-order valence-corrected chi connectivity index (χ2v) is 9.06. The molecule has 26 heavy (non-hydrogen) atoms. The maximum Gasteiger partial charge on any atom is 0.266 e. The highest BCUT2D eigenvalue weighted by Crippen LogP contribution is 2.38. The van der Waals surface area contributed by atoms with Crippen LogP contribution < -0.4 is 5.56 Å². The Labute approximate surface area is 152 Å². The number of hydrogen-bond acceptors (Lipinski definition) is 5. The summed E-state index contributed by atoms with van der Waals surface area (Å²) in [6, 6.07) is 3.06. The highest BCUT2D eigenvalue weighted by atomic mass is 32.2. The fraction of sp³-hybridized carbons (Fsp3) is 0.588. The Bertz CT molecular complexity index is 971. The summed E-state index contributed by atoms with van der Waals surface area (Å²) in [4.78, 5) is 12.5. The maximum absolute atomic E-state index is 13.2. The molecule has 9 heteroatoms. The van der Waals surface area contributed by atoms with Crippen molar-refractivity contribution in [3.63, 3.8) is 0 Å². The normalized spacial score (nSPS) is 21.4. The Kier molecular flexibility index (Phi) is 4.23. The minimum atomic E-state index is -3.66. The monoisotopic (exact) mass is 377 g/mol. The molecule has 8 nitrogen and oxygen atoms in total. The quantitative estimate of drug-likeness (QED) is 0.847. The summed E-state index contributed by atoms with van der Waals surface area (Å²) in [7, 11) is -3.66. The van der Waals surface area contributed by atoms with Crippen LogP contribution in [0.15, 0.2) is 21.8 Å². The van der Waals surface area contributed by atoms with Gasteiger partial charge in [-0.15, -0.1) is 0 Å². The van der Waals surface area contributed by atoms with Crippen molar-refractivity contribution >= 4 is 10.0 Å². The van der Waals surface area contributed by atoms with Gasteiger partial charge < -0.3 is 0 Å². The van der Waals surface area contributed by atoms with Gasteiger partial charge in [-0.05, 0) is 45.6 Å². The van der Waals surface area contributed by atoms with Crippen LogP contribution in [0.5, 0.6) is 0 Å². The molecule has 1 aliphatic carbocycles. The van der Waals surface area contributed by atoms with Crippen molar-refractivity contribution in [2.75, 3.05) is 6.54 Å². The van der Waals surface area contributed by atoms with Crippen molar-refractivity contribution < 1.29 is 8.42 Å². The van der Waals surface area contributed by atoms with Gasteiger partial charge in [0, 0.05) is 24.6 Å². The van der Waals surface area contributed by atoms with Crippen molar-refractivity contribution in [1.82, 2.24) is 24.3 Å². The van der Waals surface area contributed by atoms with Gasteiger partial charge in [-0.2, -0.15) is 14.5 Å². The molecule has 0 aromatic carbocycles. The van der Waals surface area contributed by atoms with E-state index >= 15 is 0 Å². The molecule has 0 bridgehead atoms. The van der Waals surface area contributed by atoms with Gasteiger partial charge in [0.2, 0.25) is 10.0 Å². The average Bonchev–Trinajstić information content (AvgIpc) is 3.23. The second kappa shape index (κ2) is 6.31. The average molecular weight is 377 g/mol. The zero-order chi connectivity index (χ0) is 18.5. The minimum absolute atomic E-state index is 0.186. The number of H-pyrrole nitrogens is 1. The van der Waals surface area contributed by atoms with Gasteiger partial charge in [-0.25, -0.2) is 13.1 Å². The Morgan fingerprint density at radius 1 is 1.23 bits per heavy atom. The van der Waals surface area contributed by atoms with Crippen LogP contribution in [0.4, 0.5) is 0 Å². The van der Waals surface area contributed by atoms with Crippen LogP contribution in [-0.4, -0.2) is 45.3 Å². The van der Waals surface area contributed by atoms with Crippen molar-refractivity contribution in [2.45, 2.75) is 62.9 Å². The van der Waals surface area contributed by atoms with Crippen molar-refractivity contribution in [3.05, 3.63) is 39.6 Å². The van der Waals surface area contributed by atoms with Crippen molar-refractivity contribution in [3.8, 4) is 0 Å². The predicted molar refractivity (Wildman–Crippen MR) is 95.4 cm³/mol. The summed E-state index contributed by atoms with van der Waals surface area (Å²) >= 11 is 0. The number of aromatic amines is 1. The number of nitrogens with one attached hydrogen (secondary N) is 1. The highest BCUT2D eigenvalue weighted by Gasteiger charge is 2.38. The lowest BCUT2D eigenvalue weighted by Crippen LogP contribution is -2.41. The Balaban J connectivity index is 1.63. The summed E-state index contributed by atoms with van der Waals surface area (Å²) in [5.41, 5.74) is 1.76. The summed E-state index contributed by atoms with van der Waals surface area (Å²) < 4.78 is 29.3. The number of nitrogens with zero attached hydrogens (tertiary/aromatic N) is 4. The summed E-state index contributed by atoms with van der Waals surface area (Å²) in [6.07, 6.45) is 3.70. The number of sulfonamides is 1. The molecule has 1 saturated heterocycles. The Hall–Kier alpha value is -2.00. The van der Waals surface area contributed by atoms with E-state index in [2.05, 4.69) is 15.3 Å². The van der Waals surface area contributed by atoms with E-state index < -0.39 is 10.0 Å². The molecule has 3 heterocycles. The first-order valence-corrected chi connectivity index (χ1v) is 10.4. The molecular weight excluding hydrogens is 354 g/mol. The van der Waals surface area contributed by atoms with Crippen molar-refractivity contribution in [2.24, 2.45) is 0 Å². The number of aromatic nitrogens is 4. The van der Waals surface area contributed by atoms with Crippen LogP contribution in [0.1, 0.15) is 48.7 Å². The number of rotatable bonds is 5. The SMILES string of the molecule is Cc1n[nH]c(C)c1S(=O)(=O)N1CCCC1Cn1nc(C2CC2)ccc1=O. The third-order valence-corrected chi connectivity index (χ3v) is 7.43. The lowest BCUT2D eigenvalue weighted by atomic mass is 10.2. The zero-order valence-corrected chi connectivity index (χ0v) is 15.8. The number of hydrogen-bond donors (Lipinski definition) is 1. The molecule has 2 aromatic rings. The van der Waals surface area contributed by atoms with Gasteiger partial charge >= 0.3 is 0 Å². The molecule has 0 spiro atoms. The van der Waals surface area contributed by atoms with Gasteiger partial charge in [0.25, 0.3) is 5.56 Å². The van der Waals surface area contributed by atoms with Gasteiger partial charge in [0.15, 0.2) is 0 Å². The van der Waals surface area contributed by atoms with Gasteiger partial charge in [0.05, 0.1) is 23.6 Å². The van der Waals surface area contributed by atoms with Crippen LogP contribution in [0.3, 0.4) is 0 Å². The van der Waals surface area contributed by atoms with Gasteiger partial charge in [-0.3, -0.25) is 9.89 Å². The van der Waals surface area contributed by atoms with Crippen LogP contribution in [0.25, 0.3) is 0 Å². The Morgan fingerprint density at radius 2 is 2.00 bits per heavy atom. The smallest absolute Gasteiger partial charge is 0.266 e. The third kappa shape index (κ3) is 2.99. The lowest BCUT2D eigenvalue weighted by Gasteiger charge is -2.24. The minimum Gasteiger partial charge on any atom is -0.281 e. The van der Waals surface area contributed by atoms with E-state index in [0.717, 1.165) is 31.4 Å². The van der Waals surface area contributed by atoms with Crippen LogP contribution in [0, 0.1) is 13.8 Å². The van der Waals surface area contributed by atoms with E-state index in [-0.39, 0.29) is 23.0 Å². The molecular formula is C17H23N5O3S. The predicted octanol–water partition coefficient (Wildman–Crippen LogP) is 1.31. The third-order valence-electron chi connectivity index (χ3n) is 5.22. The topological polar surface area (TPSA) is 101 Å². The number of aryl methyl sites for hydroxylation is 2. The van der Waals surface area contributed by atoms with E-state index in [1.807, 2.05) is 0 Å². The van der Waals surface area contributed by atoms with Gasteiger partial charge in [0.1, 0.15) is 4.90 Å². The fourth-order valence-electron chi connectivity index (χ4n) is 3.74. The molecule has 140 valence electrons. The maximum atomic E-state index is 13.2. The molecule has 2 fully saturated rings. The van der Waals surface area contributed by atoms with E-state index in [1.165, 1.54) is 8.99 Å². The van der Waals surface area contributed by atoms with E-state index in [4.69, 9.17) is 0 Å². The molecule has 1 unspecified atom stereocenters. The van der Waals surface area contributed by atoms with E-state index in [0.29, 0.717) is 23.9 Å². The van der Waals surface area contributed by atoms with Gasteiger partial charge in [-0.1, -0.05) is 0 Å². The zero-order valence-electron chi connectivity index (χ0n) is 15.0. The van der Waals surface area contributed by atoms with Crippen LogP contribution >= 0.6 is 0 Å². The summed E-state index contributed by atoms with van der Waals surface area (Å²) in [5.74, 6) is 0.446. The van der Waals surface area contributed by atoms with Crippen LogP contribution in [0.2, 0.25) is 0 Å². The fourth-order valence-corrected chi connectivity index (χ4v) is 5.76. The summed E-state index contributed by atoms with van der Waals surface area (Å²) in [5, 5.41) is 11.2. The molecule has 2 aromatic heterocycles. The van der Waals surface area contributed by atoms with Crippen molar-refractivity contribution in [1.29, 1.82) is 0 Å². The highest BCUT2D eigenvalue weighted by molar-refractivity contribution is 7.89. The molecule has 1 aliphatic heterocycles. The Morgan fingerprint density at radius 3 is 2.65 bits per heavy atom. The molecule has 2 aliphatic rings. The molecule has 0 amide bonds. The largest absolute Gasteiger partial charge is 0.281 e. The first kappa shape index (κ1) is 17.4. The molecule has 4 rings (SSSR count). The molecule has 1 saturated carbocycles. The molecule has 1 N–H and O–H groups in total. The first-order chi connectivity index (χ1) is 12.4.